The van der Waals surface area contributed by atoms with Crippen LogP contribution in [-0.4, -0.2) is 24.4 Å². The summed E-state index contributed by atoms with van der Waals surface area (Å²) in [7, 11) is 2.17. The molecule has 0 unspecified atom stereocenters. The van der Waals surface area contributed by atoms with E-state index in [1.165, 1.54) is 18.4 Å². The lowest BCUT2D eigenvalue weighted by molar-refractivity contribution is 0.0950. The number of amides is 1. The minimum absolute atomic E-state index is 0.209. The molecule has 5 heteroatoms. The predicted octanol–water partition coefficient (Wildman–Crippen LogP) is 5.08. The Hall–Kier alpha value is -1.55. The van der Waals surface area contributed by atoms with Crippen LogP contribution in [0.2, 0.25) is 10.0 Å². The summed E-state index contributed by atoms with van der Waals surface area (Å²) >= 11 is 12.1. The summed E-state index contributed by atoms with van der Waals surface area (Å²) in [6.45, 7) is 1.59. The SMILES string of the molecule is CN1CCCC[C@H]1c1ccccc1CNC(=O)c1cccc(Cl)c1Cl. The van der Waals surface area contributed by atoms with Crippen LogP contribution in [0.25, 0.3) is 0 Å². The molecule has 1 saturated heterocycles. The number of carbonyl (C=O) groups is 1. The zero-order chi connectivity index (χ0) is 17.8. The molecule has 2 aromatic carbocycles. The second kappa shape index (κ2) is 8.22. The van der Waals surface area contributed by atoms with E-state index in [2.05, 4.69) is 35.5 Å². The normalized spacial score (nSPS) is 18.1. The number of rotatable bonds is 4. The molecule has 132 valence electrons. The Bertz CT molecular complexity index is 763. The van der Waals surface area contributed by atoms with Crippen LogP contribution >= 0.6 is 23.2 Å². The first kappa shape index (κ1) is 18.2. The van der Waals surface area contributed by atoms with Gasteiger partial charge in [-0.2, -0.15) is 0 Å². The van der Waals surface area contributed by atoms with Gasteiger partial charge in [-0.25, -0.2) is 0 Å². The molecule has 1 amide bonds. The summed E-state index contributed by atoms with van der Waals surface area (Å²) in [5, 5.41) is 3.66. The van der Waals surface area contributed by atoms with Crippen molar-refractivity contribution in [3.05, 3.63) is 69.2 Å². The van der Waals surface area contributed by atoms with Crippen molar-refractivity contribution in [3.8, 4) is 0 Å². The maximum absolute atomic E-state index is 12.5. The standard InChI is InChI=1S/C20H22Cl2N2O/c1-24-12-5-4-11-18(24)15-8-3-2-7-14(15)13-23-20(25)16-9-6-10-17(21)19(16)22/h2-3,6-10,18H,4-5,11-13H2,1H3,(H,23,25)/t18-/m0/s1. The number of carbonyl (C=O) groups excluding carboxylic acids is 1. The van der Waals surface area contributed by atoms with Gasteiger partial charge in [0, 0.05) is 12.6 Å². The largest absolute Gasteiger partial charge is 0.348 e. The lowest BCUT2D eigenvalue weighted by atomic mass is 9.92. The van der Waals surface area contributed by atoms with E-state index >= 15 is 0 Å². The van der Waals surface area contributed by atoms with Crippen molar-refractivity contribution in [3.63, 3.8) is 0 Å². The smallest absolute Gasteiger partial charge is 0.253 e. The van der Waals surface area contributed by atoms with Gasteiger partial charge in [-0.15, -0.1) is 0 Å². The maximum Gasteiger partial charge on any atom is 0.253 e. The summed E-state index contributed by atoms with van der Waals surface area (Å²) in [6, 6.07) is 13.8. The second-order valence-electron chi connectivity index (χ2n) is 6.48. The van der Waals surface area contributed by atoms with E-state index in [4.69, 9.17) is 23.2 Å². The van der Waals surface area contributed by atoms with E-state index < -0.39 is 0 Å². The topological polar surface area (TPSA) is 32.3 Å². The number of benzene rings is 2. The molecule has 0 spiro atoms. The number of nitrogens with zero attached hydrogens (tertiary/aromatic N) is 1. The Balaban J connectivity index is 1.75. The minimum atomic E-state index is -0.209. The molecular formula is C20H22Cl2N2O. The first-order valence-corrected chi connectivity index (χ1v) is 9.34. The molecule has 1 heterocycles. The minimum Gasteiger partial charge on any atom is -0.348 e. The fraction of sp³-hybridized carbons (Fsp3) is 0.350. The highest BCUT2D eigenvalue weighted by Gasteiger charge is 2.23. The Morgan fingerprint density at radius 1 is 1.16 bits per heavy atom. The molecule has 2 aromatic rings. The van der Waals surface area contributed by atoms with Gasteiger partial charge in [-0.3, -0.25) is 9.69 Å². The monoisotopic (exact) mass is 376 g/mol. The van der Waals surface area contributed by atoms with Crippen LogP contribution in [0.5, 0.6) is 0 Å². The fourth-order valence-corrected chi connectivity index (χ4v) is 3.82. The molecule has 0 aliphatic carbocycles. The van der Waals surface area contributed by atoms with Gasteiger partial charge in [0.1, 0.15) is 0 Å². The lowest BCUT2D eigenvalue weighted by Gasteiger charge is -2.34. The average molecular weight is 377 g/mol. The second-order valence-corrected chi connectivity index (χ2v) is 7.26. The van der Waals surface area contributed by atoms with Gasteiger partial charge in [-0.05, 0) is 49.7 Å². The van der Waals surface area contributed by atoms with Gasteiger partial charge in [0.15, 0.2) is 0 Å². The van der Waals surface area contributed by atoms with Crippen LogP contribution in [0, 0.1) is 0 Å². The molecule has 0 saturated carbocycles. The number of halogens is 2. The van der Waals surface area contributed by atoms with E-state index in [1.54, 1.807) is 18.2 Å². The van der Waals surface area contributed by atoms with Gasteiger partial charge in [0.2, 0.25) is 0 Å². The summed E-state index contributed by atoms with van der Waals surface area (Å²) in [5.74, 6) is -0.209. The van der Waals surface area contributed by atoms with Crippen molar-refractivity contribution < 1.29 is 4.79 Å². The first-order valence-electron chi connectivity index (χ1n) is 8.58. The number of hydrogen-bond donors (Lipinski definition) is 1. The van der Waals surface area contributed by atoms with Crippen LogP contribution in [0.3, 0.4) is 0 Å². The molecule has 3 nitrogen and oxygen atoms in total. The fourth-order valence-electron chi connectivity index (χ4n) is 3.44. The van der Waals surface area contributed by atoms with Crippen molar-refractivity contribution >= 4 is 29.1 Å². The molecule has 3 rings (SSSR count). The summed E-state index contributed by atoms with van der Waals surface area (Å²) < 4.78 is 0. The Labute approximate surface area is 158 Å². The quantitative estimate of drug-likeness (QED) is 0.806. The third-order valence-electron chi connectivity index (χ3n) is 4.82. The molecule has 1 aliphatic rings. The summed E-state index contributed by atoms with van der Waals surface area (Å²) in [6.07, 6.45) is 3.65. The van der Waals surface area contributed by atoms with Crippen LogP contribution < -0.4 is 5.32 Å². The van der Waals surface area contributed by atoms with Crippen molar-refractivity contribution in [2.75, 3.05) is 13.6 Å². The predicted molar refractivity (Wildman–Crippen MR) is 103 cm³/mol. The van der Waals surface area contributed by atoms with Gasteiger partial charge in [0.05, 0.1) is 15.6 Å². The van der Waals surface area contributed by atoms with Crippen LogP contribution in [-0.2, 0) is 6.54 Å². The molecule has 1 aliphatic heterocycles. The summed E-state index contributed by atoms with van der Waals surface area (Å²) in [4.78, 5) is 14.9. The molecular weight excluding hydrogens is 355 g/mol. The average Bonchev–Trinajstić information content (AvgIpc) is 2.63. The van der Waals surface area contributed by atoms with Gasteiger partial charge < -0.3 is 5.32 Å². The Morgan fingerprint density at radius 3 is 2.76 bits per heavy atom. The van der Waals surface area contributed by atoms with E-state index in [9.17, 15) is 4.79 Å². The summed E-state index contributed by atoms with van der Waals surface area (Å²) in [5.41, 5.74) is 2.84. The van der Waals surface area contributed by atoms with E-state index in [0.29, 0.717) is 28.2 Å². The van der Waals surface area contributed by atoms with Crippen molar-refractivity contribution in [1.29, 1.82) is 0 Å². The third-order valence-corrected chi connectivity index (χ3v) is 5.64. The van der Waals surface area contributed by atoms with Gasteiger partial charge in [0.25, 0.3) is 5.91 Å². The maximum atomic E-state index is 12.5. The number of nitrogens with one attached hydrogen (secondary N) is 1. The van der Waals surface area contributed by atoms with Crippen LogP contribution in [0.4, 0.5) is 0 Å². The molecule has 25 heavy (non-hydrogen) atoms. The van der Waals surface area contributed by atoms with Crippen molar-refractivity contribution in [2.24, 2.45) is 0 Å². The Kier molecular flexibility index (Phi) is 6.00. The number of hydrogen-bond acceptors (Lipinski definition) is 2. The highest BCUT2D eigenvalue weighted by atomic mass is 35.5. The van der Waals surface area contributed by atoms with E-state index in [1.807, 2.05) is 6.07 Å². The number of likely N-dealkylation sites (tertiary alicyclic amines) is 1. The lowest BCUT2D eigenvalue weighted by Crippen LogP contribution is -2.31. The highest BCUT2D eigenvalue weighted by Crippen LogP contribution is 2.31. The van der Waals surface area contributed by atoms with Crippen molar-refractivity contribution in [1.82, 2.24) is 10.2 Å². The molecule has 0 aromatic heterocycles. The zero-order valence-corrected chi connectivity index (χ0v) is 15.8. The highest BCUT2D eigenvalue weighted by molar-refractivity contribution is 6.43. The zero-order valence-electron chi connectivity index (χ0n) is 14.3. The van der Waals surface area contributed by atoms with Crippen LogP contribution in [0.1, 0.15) is 46.8 Å². The third kappa shape index (κ3) is 4.17. The molecule has 1 N–H and O–H groups in total. The Morgan fingerprint density at radius 2 is 1.96 bits per heavy atom. The van der Waals surface area contributed by atoms with Gasteiger partial charge in [-0.1, -0.05) is 60.0 Å². The number of piperidine rings is 1. The van der Waals surface area contributed by atoms with Gasteiger partial charge >= 0.3 is 0 Å². The van der Waals surface area contributed by atoms with Crippen LogP contribution in [0.15, 0.2) is 42.5 Å². The van der Waals surface area contributed by atoms with E-state index in [-0.39, 0.29) is 5.91 Å². The molecule has 0 radical (unpaired) electrons. The molecule has 0 bridgehead atoms. The first-order chi connectivity index (χ1) is 12.1. The van der Waals surface area contributed by atoms with Crippen molar-refractivity contribution in [2.45, 2.75) is 31.8 Å². The molecule has 1 fully saturated rings. The van der Waals surface area contributed by atoms with E-state index in [0.717, 1.165) is 18.5 Å². The molecule has 1 atom stereocenters.